The van der Waals surface area contributed by atoms with Crippen LogP contribution in [0.3, 0.4) is 0 Å². The molecule has 1 aromatic heterocycles. The fourth-order valence-corrected chi connectivity index (χ4v) is 2.50. The predicted octanol–water partition coefficient (Wildman–Crippen LogP) is 3.81. The molecular formula is C11H9Cl2NOS. The maximum absolute atomic E-state index is 9.86. The molecule has 0 bridgehead atoms. The van der Waals surface area contributed by atoms with E-state index in [0.29, 0.717) is 10.6 Å². The number of rotatable bonds is 2. The molecule has 0 saturated heterocycles. The molecule has 0 radical (unpaired) electrons. The third kappa shape index (κ3) is 2.04. The Morgan fingerprint density at radius 2 is 2.00 bits per heavy atom. The summed E-state index contributed by atoms with van der Waals surface area (Å²) in [5.74, 6) is -0.0462. The van der Waals surface area contributed by atoms with E-state index in [0.717, 1.165) is 4.88 Å². The minimum absolute atomic E-state index is 0.0462. The van der Waals surface area contributed by atoms with Crippen molar-refractivity contribution in [1.82, 2.24) is 0 Å². The summed E-state index contributed by atoms with van der Waals surface area (Å²) >= 11 is 13.2. The third-order valence-electron chi connectivity index (χ3n) is 2.29. The number of phenols is 1. The number of halogens is 2. The van der Waals surface area contributed by atoms with Crippen molar-refractivity contribution in [3.63, 3.8) is 0 Å². The molecule has 1 aromatic carbocycles. The van der Waals surface area contributed by atoms with Gasteiger partial charge in [0.1, 0.15) is 10.8 Å². The summed E-state index contributed by atoms with van der Waals surface area (Å²) in [5, 5.41) is 12.3. The molecule has 0 aliphatic heterocycles. The van der Waals surface area contributed by atoms with Crippen LogP contribution in [-0.4, -0.2) is 5.11 Å². The van der Waals surface area contributed by atoms with E-state index < -0.39 is 0 Å². The number of hydrogen-bond donors (Lipinski definition) is 2. The minimum atomic E-state index is -0.380. The lowest BCUT2D eigenvalue weighted by Crippen LogP contribution is -2.10. The van der Waals surface area contributed by atoms with E-state index in [1.807, 2.05) is 17.5 Å². The molecule has 84 valence electrons. The second-order valence-corrected chi connectivity index (χ2v) is 5.06. The van der Waals surface area contributed by atoms with Gasteiger partial charge in [0.25, 0.3) is 0 Å². The van der Waals surface area contributed by atoms with E-state index in [1.54, 1.807) is 12.1 Å². The Morgan fingerprint density at radius 3 is 2.62 bits per heavy atom. The molecule has 0 aliphatic rings. The van der Waals surface area contributed by atoms with E-state index in [2.05, 4.69) is 0 Å². The van der Waals surface area contributed by atoms with Gasteiger partial charge in [-0.15, -0.1) is 11.3 Å². The van der Waals surface area contributed by atoms with Gasteiger partial charge in [-0.3, -0.25) is 0 Å². The van der Waals surface area contributed by atoms with Crippen LogP contribution in [-0.2, 0) is 0 Å². The van der Waals surface area contributed by atoms with Crippen LogP contribution in [0.4, 0.5) is 0 Å². The van der Waals surface area contributed by atoms with Gasteiger partial charge in [-0.1, -0.05) is 35.3 Å². The van der Waals surface area contributed by atoms with Gasteiger partial charge in [0.2, 0.25) is 0 Å². The molecule has 0 fully saturated rings. The van der Waals surface area contributed by atoms with Gasteiger partial charge in [0.05, 0.1) is 11.1 Å². The predicted molar refractivity (Wildman–Crippen MR) is 68.5 cm³/mol. The zero-order valence-electron chi connectivity index (χ0n) is 8.15. The molecule has 0 spiro atoms. The number of phenolic OH excluding ortho intramolecular Hbond substituents is 1. The molecule has 2 rings (SSSR count). The highest BCUT2D eigenvalue weighted by molar-refractivity contribution is 7.10. The van der Waals surface area contributed by atoms with E-state index in [9.17, 15) is 5.11 Å². The van der Waals surface area contributed by atoms with Crippen molar-refractivity contribution in [3.8, 4) is 5.75 Å². The average molecular weight is 274 g/mol. The Labute approximate surface area is 107 Å². The first kappa shape index (κ1) is 11.7. The molecule has 2 nitrogen and oxygen atoms in total. The highest BCUT2D eigenvalue weighted by atomic mass is 35.5. The zero-order chi connectivity index (χ0) is 11.7. The van der Waals surface area contributed by atoms with Crippen LogP contribution in [0.15, 0.2) is 29.6 Å². The molecule has 0 unspecified atom stereocenters. The SMILES string of the molecule is N[C@H](c1cccs1)c1ccc(Cl)c(Cl)c1O. The van der Waals surface area contributed by atoms with Crippen LogP contribution < -0.4 is 5.73 Å². The third-order valence-corrected chi connectivity index (χ3v) is 4.03. The number of nitrogens with two attached hydrogens (primary N) is 1. The van der Waals surface area contributed by atoms with E-state index >= 15 is 0 Å². The highest BCUT2D eigenvalue weighted by Gasteiger charge is 2.17. The fourth-order valence-electron chi connectivity index (χ4n) is 1.43. The lowest BCUT2D eigenvalue weighted by Gasteiger charge is -2.13. The van der Waals surface area contributed by atoms with Gasteiger partial charge < -0.3 is 10.8 Å². The Bertz CT molecular complexity index is 499. The summed E-state index contributed by atoms with van der Waals surface area (Å²) in [6.45, 7) is 0. The number of aromatic hydroxyl groups is 1. The van der Waals surface area contributed by atoms with Crippen molar-refractivity contribution >= 4 is 34.5 Å². The summed E-state index contributed by atoms with van der Waals surface area (Å²) in [4.78, 5) is 0.966. The maximum Gasteiger partial charge on any atom is 0.140 e. The van der Waals surface area contributed by atoms with Crippen molar-refractivity contribution < 1.29 is 5.11 Å². The molecule has 0 aliphatic carbocycles. The smallest absolute Gasteiger partial charge is 0.140 e. The molecule has 16 heavy (non-hydrogen) atoms. The van der Waals surface area contributed by atoms with Crippen LogP contribution in [0.5, 0.6) is 5.75 Å². The quantitative estimate of drug-likeness (QED) is 0.874. The summed E-state index contributed by atoms with van der Waals surface area (Å²) in [7, 11) is 0. The molecule has 1 heterocycles. The fraction of sp³-hybridized carbons (Fsp3) is 0.0909. The Kier molecular flexibility index (Phi) is 3.40. The van der Waals surface area contributed by atoms with Crippen molar-refractivity contribution in [2.45, 2.75) is 6.04 Å². The average Bonchev–Trinajstić information content (AvgIpc) is 2.79. The van der Waals surface area contributed by atoms with Gasteiger partial charge in [-0.25, -0.2) is 0 Å². The van der Waals surface area contributed by atoms with Crippen molar-refractivity contribution in [1.29, 1.82) is 0 Å². The molecule has 0 amide bonds. The lowest BCUT2D eigenvalue weighted by atomic mass is 10.1. The lowest BCUT2D eigenvalue weighted by molar-refractivity contribution is 0.466. The van der Waals surface area contributed by atoms with Crippen LogP contribution in [0.2, 0.25) is 10.0 Å². The van der Waals surface area contributed by atoms with Crippen molar-refractivity contribution in [2.75, 3.05) is 0 Å². The molecule has 5 heteroatoms. The first-order valence-corrected chi connectivity index (χ1v) is 6.20. The Morgan fingerprint density at radius 1 is 1.25 bits per heavy atom. The largest absolute Gasteiger partial charge is 0.506 e. The van der Waals surface area contributed by atoms with Crippen LogP contribution in [0, 0.1) is 0 Å². The summed E-state index contributed by atoms with van der Waals surface area (Å²) < 4.78 is 0. The van der Waals surface area contributed by atoms with Crippen molar-refractivity contribution in [3.05, 3.63) is 50.1 Å². The first-order valence-electron chi connectivity index (χ1n) is 4.57. The van der Waals surface area contributed by atoms with Gasteiger partial charge in [0.15, 0.2) is 0 Å². The van der Waals surface area contributed by atoms with Crippen LogP contribution in [0.25, 0.3) is 0 Å². The second-order valence-electron chi connectivity index (χ2n) is 3.29. The summed E-state index contributed by atoms with van der Waals surface area (Å²) in [6.07, 6.45) is 0. The first-order chi connectivity index (χ1) is 7.61. The second kappa shape index (κ2) is 4.63. The van der Waals surface area contributed by atoms with E-state index in [4.69, 9.17) is 28.9 Å². The van der Waals surface area contributed by atoms with Gasteiger partial charge in [0, 0.05) is 10.4 Å². The summed E-state index contributed by atoms with van der Waals surface area (Å²) in [5.41, 5.74) is 6.61. The topological polar surface area (TPSA) is 46.2 Å². The van der Waals surface area contributed by atoms with E-state index in [1.165, 1.54) is 11.3 Å². The summed E-state index contributed by atoms with van der Waals surface area (Å²) in [6, 6.07) is 6.77. The van der Waals surface area contributed by atoms with Gasteiger partial charge >= 0.3 is 0 Å². The van der Waals surface area contributed by atoms with Gasteiger partial charge in [-0.05, 0) is 17.5 Å². The number of hydrogen-bond acceptors (Lipinski definition) is 3. The van der Waals surface area contributed by atoms with Gasteiger partial charge in [-0.2, -0.15) is 0 Å². The standard InChI is InChI=1S/C11H9Cl2NOS/c12-7-4-3-6(11(15)9(7)13)10(14)8-2-1-5-16-8/h1-5,10,15H,14H2/t10-/m0/s1. The van der Waals surface area contributed by atoms with Crippen LogP contribution >= 0.6 is 34.5 Å². The Balaban J connectivity index is 2.45. The molecule has 0 saturated carbocycles. The number of thiophene rings is 1. The Hall–Kier alpha value is -0.740. The normalized spacial score (nSPS) is 12.7. The van der Waals surface area contributed by atoms with Crippen LogP contribution in [0.1, 0.15) is 16.5 Å². The number of benzene rings is 1. The maximum atomic E-state index is 9.86. The molecular weight excluding hydrogens is 265 g/mol. The molecule has 1 atom stereocenters. The van der Waals surface area contributed by atoms with E-state index in [-0.39, 0.29) is 16.8 Å². The zero-order valence-corrected chi connectivity index (χ0v) is 10.5. The highest BCUT2D eigenvalue weighted by Crippen LogP contribution is 2.38. The molecule has 3 N–H and O–H groups in total. The monoisotopic (exact) mass is 273 g/mol. The molecule has 2 aromatic rings. The minimum Gasteiger partial charge on any atom is -0.506 e. The van der Waals surface area contributed by atoms with Crippen molar-refractivity contribution in [2.24, 2.45) is 5.73 Å².